The highest BCUT2D eigenvalue weighted by Crippen LogP contribution is 2.41. The van der Waals surface area contributed by atoms with Gasteiger partial charge in [0.1, 0.15) is 5.82 Å². The minimum Gasteiger partial charge on any atom is -0.373 e. The van der Waals surface area contributed by atoms with Crippen molar-refractivity contribution in [2.45, 2.75) is 33.1 Å². The highest BCUT2D eigenvalue weighted by molar-refractivity contribution is 5.62. The smallest absolute Gasteiger partial charge is 0.311 e. The van der Waals surface area contributed by atoms with Gasteiger partial charge in [0, 0.05) is 26.2 Å². The lowest BCUT2D eigenvalue weighted by atomic mass is 9.82. The number of rotatable bonds is 5. The molecule has 0 unspecified atom stereocenters. The molecule has 1 aliphatic rings. The Bertz CT molecular complexity index is 500. The number of aromatic nitrogens is 1. The van der Waals surface area contributed by atoms with E-state index in [1.807, 2.05) is 0 Å². The molecular weight excluding hydrogens is 256 g/mol. The van der Waals surface area contributed by atoms with Crippen LogP contribution in [0.15, 0.2) is 12.1 Å². The summed E-state index contributed by atoms with van der Waals surface area (Å²) >= 11 is 0. The number of nitro groups is 1. The lowest BCUT2D eigenvalue weighted by Crippen LogP contribution is -2.27. The number of hydrogen-bond donors (Lipinski definition) is 1. The second kappa shape index (κ2) is 5.64. The van der Waals surface area contributed by atoms with Crippen LogP contribution in [0.4, 0.5) is 17.3 Å². The van der Waals surface area contributed by atoms with Gasteiger partial charge in [0.05, 0.1) is 4.92 Å². The molecule has 0 aliphatic carbocycles. The maximum absolute atomic E-state index is 11.2. The maximum atomic E-state index is 11.2. The highest BCUT2D eigenvalue weighted by Gasteiger charge is 2.37. The van der Waals surface area contributed by atoms with E-state index >= 15 is 0 Å². The Labute approximate surface area is 119 Å². The van der Waals surface area contributed by atoms with E-state index in [-0.39, 0.29) is 16.0 Å². The second-order valence-corrected chi connectivity index (χ2v) is 5.42. The summed E-state index contributed by atoms with van der Waals surface area (Å²) < 4.78 is 0. The van der Waals surface area contributed by atoms with E-state index in [1.54, 1.807) is 13.1 Å². The number of nitrogens with one attached hydrogen (secondary N) is 1. The molecule has 1 fully saturated rings. The lowest BCUT2D eigenvalue weighted by molar-refractivity contribution is -0.384. The molecule has 0 spiro atoms. The molecule has 1 saturated heterocycles. The Morgan fingerprint density at radius 2 is 2.15 bits per heavy atom. The molecule has 2 rings (SSSR count). The lowest BCUT2D eigenvalue weighted by Gasteiger charge is -2.26. The largest absolute Gasteiger partial charge is 0.373 e. The molecule has 6 nitrogen and oxygen atoms in total. The van der Waals surface area contributed by atoms with Crippen LogP contribution in [0.5, 0.6) is 0 Å². The predicted molar refractivity (Wildman–Crippen MR) is 80.3 cm³/mol. The minimum absolute atomic E-state index is 0.0898. The van der Waals surface area contributed by atoms with Crippen molar-refractivity contribution < 1.29 is 4.92 Å². The fourth-order valence-electron chi connectivity index (χ4n) is 2.90. The molecule has 6 heteroatoms. The molecule has 1 aromatic rings. The van der Waals surface area contributed by atoms with Crippen molar-refractivity contribution in [1.29, 1.82) is 0 Å². The molecule has 1 aliphatic heterocycles. The van der Waals surface area contributed by atoms with Gasteiger partial charge in [-0.1, -0.05) is 13.8 Å². The monoisotopic (exact) mass is 278 g/mol. The molecule has 0 aromatic carbocycles. The summed E-state index contributed by atoms with van der Waals surface area (Å²) in [6.07, 6.45) is 3.27. The fourth-order valence-corrected chi connectivity index (χ4v) is 2.90. The first-order valence-electron chi connectivity index (χ1n) is 7.13. The molecule has 2 heterocycles. The van der Waals surface area contributed by atoms with Crippen molar-refractivity contribution in [2.24, 2.45) is 5.41 Å². The van der Waals surface area contributed by atoms with Crippen molar-refractivity contribution in [3.63, 3.8) is 0 Å². The molecule has 0 radical (unpaired) electrons. The molecule has 20 heavy (non-hydrogen) atoms. The van der Waals surface area contributed by atoms with Crippen molar-refractivity contribution in [3.8, 4) is 0 Å². The quantitative estimate of drug-likeness (QED) is 0.662. The second-order valence-electron chi connectivity index (χ2n) is 5.42. The van der Waals surface area contributed by atoms with E-state index in [0.29, 0.717) is 11.6 Å². The van der Waals surface area contributed by atoms with Crippen LogP contribution in [0.25, 0.3) is 0 Å². The normalized spacial score (nSPS) is 17.2. The number of anilines is 2. The first-order chi connectivity index (χ1) is 9.55. The third-order valence-electron chi connectivity index (χ3n) is 4.55. The average molecular weight is 278 g/mol. The third-order valence-corrected chi connectivity index (χ3v) is 4.55. The standard InChI is InChI=1S/C14H22N4O2/c1-4-14(5-2)8-9-17(10-14)13-11(18(19)20)6-7-12(15-3)16-13/h6-7H,4-5,8-10H2,1-3H3,(H,15,16). The van der Waals surface area contributed by atoms with E-state index in [2.05, 4.69) is 29.0 Å². The van der Waals surface area contributed by atoms with Crippen LogP contribution in [-0.4, -0.2) is 30.0 Å². The van der Waals surface area contributed by atoms with E-state index < -0.39 is 0 Å². The SMILES string of the molecule is CCC1(CC)CCN(c2nc(NC)ccc2[N+](=O)[O-])C1. The van der Waals surface area contributed by atoms with Gasteiger partial charge in [0.15, 0.2) is 0 Å². The van der Waals surface area contributed by atoms with Gasteiger partial charge >= 0.3 is 5.69 Å². The van der Waals surface area contributed by atoms with Crippen LogP contribution >= 0.6 is 0 Å². The summed E-state index contributed by atoms with van der Waals surface area (Å²) in [6, 6.07) is 3.18. The Kier molecular flexibility index (Phi) is 4.11. The summed E-state index contributed by atoms with van der Waals surface area (Å²) in [5.41, 5.74) is 0.359. The van der Waals surface area contributed by atoms with Crippen molar-refractivity contribution in [3.05, 3.63) is 22.2 Å². The summed E-state index contributed by atoms with van der Waals surface area (Å²) in [4.78, 5) is 17.3. The Morgan fingerprint density at radius 3 is 2.65 bits per heavy atom. The first-order valence-corrected chi connectivity index (χ1v) is 7.13. The van der Waals surface area contributed by atoms with Gasteiger partial charge < -0.3 is 10.2 Å². The van der Waals surface area contributed by atoms with Crippen LogP contribution in [0.2, 0.25) is 0 Å². The molecule has 0 saturated carbocycles. The van der Waals surface area contributed by atoms with Gasteiger partial charge in [-0.3, -0.25) is 10.1 Å². The van der Waals surface area contributed by atoms with Crippen molar-refractivity contribution in [2.75, 3.05) is 30.4 Å². The Balaban J connectivity index is 2.35. The summed E-state index contributed by atoms with van der Waals surface area (Å²) in [7, 11) is 1.77. The van der Waals surface area contributed by atoms with Crippen molar-refractivity contribution >= 4 is 17.3 Å². The number of nitrogens with zero attached hydrogens (tertiary/aromatic N) is 3. The van der Waals surface area contributed by atoms with E-state index in [4.69, 9.17) is 0 Å². The zero-order chi connectivity index (χ0) is 14.8. The zero-order valence-electron chi connectivity index (χ0n) is 12.3. The number of hydrogen-bond acceptors (Lipinski definition) is 5. The fraction of sp³-hybridized carbons (Fsp3) is 0.643. The summed E-state index contributed by atoms with van der Waals surface area (Å²) in [5.74, 6) is 1.15. The highest BCUT2D eigenvalue weighted by atomic mass is 16.6. The third kappa shape index (κ3) is 2.55. The molecule has 0 amide bonds. The molecule has 110 valence electrons. The van der Waals surface area contributed by atoms with E-state index in [9.17, 15) is 10.1 Å². The van der Waals surface area contributed by atoms with Crippen LogP contribution in [0, 0.1) is 15.5 Å². The molecule has 1 aromatic heterocycles. The van der Waals surface area contributed by atoms with Crippen LogP contribution in [0.3, 0.4) is 0 Å². The van der Waals surface area contributed by atoms with Crippen LogP contribution in [0.1, 0.15) is 33.1 Å². The van der Waals surface area contributed by atoms with Gasteiger partial charge in [-0.15, -0.1) is 0 Å². The van der Waals surface area contributed by atoms with Crippen LogP contribution < -0.4 is 10.2 Å². The predicted octanol–water partition coefficient (Wildman–Crippen LogP) is 3.05. The van der Waals surface area contributed by atoms with Gasteiger partial charge in [0.25, 0.3) is 0 Å². The zero-order valence-corrected chi connectivity index (χ0v) is 12.3. The Hall–Kier alpha value is -1.85. The molecular formula is C14H22N4O2. The molecule has 1 N–H and O–H groups in total. The topological polar surface area (TPSA) is 71.3 Å². The molecule has 0 atom stereocenters. The molecule has 0 bridgehead atoms. The average Bonchev–Trinajstić information content (AvgIpc) is 2.91. The Morgan fingerprint density at radius 1 is 1.45 bits per heavy atom. The van der Waals surface area contributed by atoms with Gasteiger partial charge in [-0.25, -0.2) is 4.98 Å². The first kappa shape index (κ1) is 14.6. The minimum atomic E-state index is -0.348. The number of pyridine rings is 1. The maximum Gasteiger partial charge on any atom is 0.311 e. The van der Waals surface area contributed by atoms with Crippen molar-refractivity contribution in [1.82, 2.24) is 4.98 Å². The van der Waals surface area contributed by atoms with Crippen LogP contribution in [-0.2, 0) is 0 Å². The van der Waals surface area contributed by atoms with Gasteiger partial charge in [-0.05, 0) is 30.7 Å². The van der Waals surface area contributed by atoms with E-state index in [0.717, 1.165) is 32.4 Å². The van der Waals surface area contributed by atoms with Gasteiger partial charge in [-0.2, -0.15) is 0 Å². The van der Waals surface area contributed by atoms with E-state index in [1.165, 1.54) is 6.07 Å². The summed E-state index contributed by atoms with van der Waals surface area (Å²) in [5, 5.41) is 14.1. The van der Waals surface area contributed by atoms with Gasteiger partial charge in [0.2, 0.25) is 5.82 Å². The summed E-state index contributed by atoms with van der Waals surface area (Å²) in [6.45, 7) is 6.07.